The molecule has 110 valence electrons. The summed E-state index contributed by atoms with van der Waals surface area (Å²) in [6.45, 7) is 2.01. The summed E-state index contributed by atoms with van der Waals surface area (Å²) in [7, 11) is 0. The van der Waals surface area contributed by atoms with Crippen LogP contribution in [0.25, 0.3) is 16.3 Å². The number of rotatable bonds is 3. The molecule has 1 amide bonds. The highest BCUT2D eigenvalue weighted by molar-refractivity contribution is 7.22. The molecule has 0 unspecified atom stereocenters. The summed E-state index contributed by atoms with van der Waals surface area (Å²) in [5.41, 5.74) is 2.79. The van der Waals surface area contributed by atoms with Crippen LogP contribution in [0.5, 0.6) is 0 Å². The molecule has 0 bridgehead atoms. The SMILES string of the molecule is Cc1ccc(/C=C/C(=O)Nc2nc3ccc(F)cc3s2)cc1. The van der Waals surface area contributed by atoms with E-state index in [-0.39, 0.29) is 11.7 Å². The van der Waals surface area contributed by atoms with Crippen molar-refractivity contribution in [3.8, 4) is 0 Å². The normalized spacial score (nSPS) is 11.2. The second-order valence-electron chi connectivity index (χ2n) is 4.86. The largest absolute Gasteiger partial charge is 0.298 e. The Kier molecular flexibility index (Phi) is 3.98. The zero-order valence-electron chi connectivity index (χ0n) is 11.8. The number of halogens is 1. The first-order valence-electron chi connectivity index (χ1n) is 6.72. The maximum Gasteiger partial charge on any atom is 0.250 e. The van der Waals surface area contributed by atoms with Gasteiger partial charge in [0.05, 0.1) is 10.2 Å². The van der Waals surface area contributed by atoms with Crippen molar-refractivity contribution in [2.24, 2.45) is 0 Å². The lowest BCUT2D eigenvalue weighted by Gasteiger charge is -1.96. The van der Waals surface area contributed by atoms with Crippen LogP contribution in [-0.4, -0.2) is 10.9 Å². The summed E-state index contributed by atoms with van der Waals surface area (Å²) in [6.07, 6.45) is 3.19. The van der Waals surface area contributed by atoms with Crippen LogP contribution in [0.15, 0.2) is 48.5 Å². The maximum atomic E-state index is 13.1. The Morgan fingerprint density at radius 3 is 2.77 bits per heavy atom. The predicted octanol–water partition coefficient (Wildman–Crippen LogP) is 4.40. The molecule has 1 aromatic heterocycles. The topological polar surface area (TPSA) is 42.0 Å². The highest BCUT2D eigenvalue weighted by Gasteiger charge is 2.06. The fourth-order valence-electron chi connectivity index (χ4n) is 1.95. The van der Waals surface area contributed by atoms with E-state index < -0.39 is 0 Å². The van der Waals surface area contributed by atoms with Gasteiger partial charge >= 0.3 is 0 Å². The minimum absolute atomic E-state index is 0.264. The van der Waals surface area contributed by atoms with Gasteiger partial charge in [-0.05, 0) is 36.8 Å². The van der Waals surface area contributed by atoms with Crippen molar-refractivity contribution in [1.82, 2.24) is 4.98 Å². The van der Waals surface area contributed by atoms with Gasteiger partial charge in [0.15, 0.2) is 5.13 Å². The van der Waals surface area contributed by atoms with E-state index in [0.29, 0.717) is 15.3 Å². The summed E-state index contributed by atoms with van der Waals surface area (Å²) in [4.78, 5) is 16.1. The monoisotopic (exact) mass is 312 g/mol. The number of amides is 1. The molecule has 0 saturated carbocycles. The number of carbonyl (C=O) groups excluding carboxylic acids is 1. The molecule has 3 nitrogen and oxygen atoms in total. The average molecular weight is 312 g/mol. The third kappa shape index (κ3) is 3.38. The number of nitrogens with zero attached hydrogens (tertiary/aromatic N) is 1. The van der Waals surface area contributed by atoms with Gasteiger partial charge in [-0.15, -0.1) is 0 Å². The molecular formula is C17H13FN2OS. The Balaban J connectivity index is 1.71. The quantitative estimate of drug-likeness (QED) is 0.729. The van der Waals surface area contributed by atoms with Gasteiger partial charge in [0.2, 0.25) is 5.91 Å². The number of nitrogens with one attached hydrogen (secondary N) is 1. The smallest absolute Gasteiger partial charge is 0.250 e. The molecule has 0 spiro atoms. The minimum Gasteiger partial charge on any atom is -0.298 e. The molecule has 0 radical (unpaired) electrons. The highest BCUT2D eigenvalue weighted by atomic mass is 32.1. The van der Waals surface area contributed by atoms with E-state index in [9.17, 15) is 9.18 Å². The number of aromatic nitrogens is 1. The van der Waals surface area contributed by atoms with Crippen LogP contribution < -0.4 is 5.32 Å². The summed E-state index contributed by atoms with van der Waals surface area (Å²) in [5.74, 6) is -0.576. The third-order valence-electron chi connectivity index (χ3n) is 3.09. The molecular weight excluding hydrogens is 299 g/mol. The predicted molar refractivity (Wildman–Crippen MR) is 88.4 cm³/mol. The van der Waals surface area contributed by atoms with Crippen LogP contribution >= 0.6 is 11.3 Å². The number of hydrogen-bond acceptors (Lipinski definition) is 3. The number of benzene rings is 2. The Bertz CT molecular complexity index is 853. The fraction of sp³-hybridized carbons (Fsp3) is 0.0588. The van der Waals surface area contributed by atoms with Crippen LogP contribution in [-0.2, 0) is 4.79 Å². The van der Waals surface area contributed by atoms with Crippen LogP contribution in [0.4, 0.5) is 9.52 Å². The van der Waals surface area contributed by atoms with Crippen molar-refractivity contribution >= 4 is 38.7 Å². The van der Waals surface area contributed by atoms with Crippen molar-refractivity contribution in [2.45, 2.75) is 6.92 Å². The molecule has 1 N–H and O–H groups in total. The minimum atomic E-state index is -0.312. The summed E-state index contributed by atoms with van der Waals surface area (Å²) >= 11 is 1.25. The van der Waals surface area contributed by atoms with E-state index in [1.807, 2.05) is 31.2 Å². The van der Waals surface area contributed by atoms with Crippen molar-refractivity contribution in [3.05, 3.63) is 65.5 Å². The zero-order chi connectivity index (χ0) is 15.5. The van der Waals surface area contributed by atoms with Gasteiger partial charge in [-0.2, -0.15) is 0 Å². The summed E-state index contributed by atoms with van der Waals surface area (Å²) in [5, 5.41) is 3.15. The lowest BCUT2D eigenvalue weighted by atomic mass is 10.1. The second kappa shape index (κ2) is 6.07. The highest BCUT2D eigenvalue weighted by Crippen LogP contribution is 2.26. The standard InChI is InChI=1S/C17H13FN2OS/c1-11-2-4-12(5-3-11)6-9-16(21)20-17-19-14-8-7-13(18)10-15(14)22-17/h2-10H,1H3,(H,19,20,21)/b9-6+. The number of fused-ring (bicyclic) bond motifs is 1. The molecule has 0 aliphatic heterocycles. The molecule has 0 atom stereocenters. The molecule has 3 aromatic rings. The van der Waals surface area contributed by atoms with E-state index in [1.54, 1.807) is 12.1 Å². The van der Waals surface area contributed by atoms with E-state index >= 15 is 0 Å². The lowest BCUT2D eigenvalue weighted by molar-refractivity contribution is -0.111. The van der Waals surface area contributed by atoms with Crippen molar-refractivity contribution in [3.63, 3.8) is 0 Å². The molecule has 0 aliphatic rings. The Morgan fingerprint density at radius 2 is 2.00 bits per heavy atom. The molecule has 2 aromatic carbocycles. The number of hydrogen-bond donors (Lipinski definition) is 1. The Labute approximate surface area is 131 Å². The van der Waals surface area contributed by atoms with Crippen molar-refractivity contribution in [1.29, 1.82) is 0 Å². The van der Waals surface area contributed by atoms with Gasteiger partial charge in [-0.25, -0.2) is 9.37 Å². The average Bonchev–Trinajstić information content (AvgIpc) is 2.88. The zero-order valence-corrected chi connectivity index (χ0v) is 12.7. The Morgan fingerprint density at radius 1 is 1.23 bits per heavy atom. The first kappa shape index (κ1) is 14.4. The number of aryl methyl sites for hydroxylation is 1. The lowest BCUT2D eigenvalue weighted by Crippen LogP contribution is -2.07. The first-order valence-corrected chi connectivity index (χ1v) is 7.54. The molecule has 22 heavy (non-hydrogen) atoms. The molecule has 0 saturated heterocycles. The maximum absolute atomic E-state index is 13.1. The first-order chi connectivity index (χ1) is 10.6. The molecule has 1 heterocycles. The molecule has 5 heteroatoms. The number of anilines is 1. The van der Waals surface area contributed by atoms with Gasteiger partial charge in [-0.1, -0.05) is 41.2 Å². The van der Waals surface area contributed by atoms with Crippen LogP contribution in [0, 0.1) is 12.7 Å². The van der Waals surface area contributed by atoms with Crippen molar-refractivity contribution < 1.29 is 9.18 Å². The van der Waals surface area contributed by atoms with Gasteiger partial charge in [0.25, 0.3) is 0 Å². The van der Waals surface area contributed by atoms with Crippen molar-refractivity contribution in [2.75, 3.05) is 5.32 Å². The number of thiazole rings is 1. The second-order valence-corrected chi connectivity index (χ2v) is 5.89. The van der Waals surface area contributed by atoms with E-state index in [1.165, 1.54) is 35.1 Å². The summed E-state index contributed by atoms with van der Waals surface area (Å²) in [6, 6.07) is 12.2. The summed E-state index contributed by atoms with van der Waals surface area (Å²) < 4.78 is 13.8. The van der Waals surface area contributed by atoms with Crippen LogP contribution in [0.3, 0.4) is 0 Å². The van der Waals surface area contributed by atoms with E-state index in [0.717, 1.165) is 5.56 Å². The van der Waals surface area contributed by atoms with Crippen LogP contribution in [0.1, 0.15) is 11.1 Å². The molecule has 0 fully saturated rings. The third-order valence-corrected chi connectivity index (χ3v) is 4.02. The van der Waals surface area contributed by atoms with Gasteiger partial charge in [-0.3, -0.25) is 10.1 Å². The Hall–Kier alpha value is -2.53. The van der Waals surface area contributed by atoms with Crippen LogP contribution in [0.2, 0.25) is 0 Å². The molecule has 3 rings (SSSR count). The van der Waals surface area contributed by atoms with E-state index in [2.05, 4.69) is 10.3 Å². The fourth-order valence-corrected chi connectivity index (χ4v) is 2.84. The van der Waals surface area contributed by atoms with E-state index in [4.69, 9.17) is 0 Å². The van der Waals surface area contributed by atoms with Gasteiger partial charge in [0.1, 0.15) is 5.82 Å². The molecule has 0 aliphatic carbocycles. The number of carbonyl (C=O) groups is 1. The van der Waals surface area contributed by atoms with Gasteiger partial charge < -0.3 is 0 Å². The van der Waals surface area contributed by atoms with Gasteiger partial charge in [0, 0.05) is 6.08 Å².